The number of hydrogen-bond donors (Lipinski definition) is 0. The van der Waals surface area contributed by atoms with Gasteiger partial charge in [-0.2, -0.15) is 0 Å². The highest BCUT2D eigenvalue weighted by Gasteiger charge is 1.96. The number of carbonyl (C=O) groups excluding carboxylic acids is 1. The van der Waals surface area contributed by atoms with Gasteiger partial charge in [0.1, 0.15) is 6.61 Å². The zero-order valence-corrected chi connectivity index (χ0v) is 6.27. The van der Waals surface area contributed by atoms with Crippen LogP contribution in [0.1, 0.15) is 5.56 Å². The Hall–Kier alpha value is -1.55. The van der Waals surface area contributed by atoms with Crippen molar-refractivity contribution in [3.8, 4) is 0 Å². The van der Waals surface area contributed by atoms with Crippen LogP contribution in [-0.4, -0.2) is 6.09 Å². The van der Waals surface area contributed by atoms with Gasteiger partial charge in [-0.3, -0.25) is 5.48 Å². The van der Waals surface area contributed by atoms with E-state index in [1.54, 1.807) is 12.1 Å². The molecule has 0 aromatic heterocycles. The van der Waals surface area contributed by atoms with Crippen molar-refractivity contribution in [1.82, 2.24) is 5.48 Å². The van der Waals surface area contributed by atoms with Gasteiger partial charge in [-0.1, -0.05) is 30.3 Å². The molecule has 4 nitrogen and oxygen atoms in total. The number of carbonyl (C=O) groups is 1. The molecule has 0 aliphatic rings. The van der Waals surface area contributed by atoms with Gasteiger partial charge >= 0.3 is 6.09 Å². The highest BCUT2D eigenvalue weighted by atomic mass is 16.6. The summed E-state index contributed by atoms with van der Waals surface area (Å²) >= 11 is 0. The van der Waals surface area contributed by atoms with Crippen LogP contribution >= 0.6 is 0 Å². The van der Waals surface area contributed by atoms with E-state index in [1.807, 2.05) is 18.2 Å². The molecule has 0 heterocycles. The number of ether oxygens (including phenoxy) is 1. The minimum Gasteiger partial charge on any atom is -0.734 e. The van der Waals surface area contributed by atoms with E-state index in [9.17, 15) is 10.0 Å². The Morgan fingerprint density at radius 3 is 2.67 bits per heavy atom. The van der Waals surface area contributed by atoms with Gasteiger partial charge in [0.15, 0.2) is 0 Å². The highest BCUT2D eigenvalue weighted by Crippen LogP contribution is 2.00. The molecule has 0 aliphatic carbocycles. The number of benzene rings is 1. The summed E-state index contributed by atoms with van der Waals surface area (Å²) in [5, 5.41) is 9.60. The minimum absolute atomic E-state index is 0.0887. The molecule has 1 radical (unpaired) electrons. The van der Waals surface area contributed by atoms with Crippen LogP contribution < -0.4 is 5.48 Å². The normalized spacial score (nSPS) is 9.08. The smallest absolute Gasteiger partial charge is 0.418 e. The molecule has 1 aromatic rings. The minimum atomic E-state index is -1.08. The fraction of sp³-hybridized carbons (Fsp3) is 0.125. The van der Waals surface area contributed by atoms with E-state index in [-0.39, 0.29) is 6.61 Å². The maximum Gasteiger partial charge on any atom is 0.418 e. The van der Waals surface area contributed by atoms with Crippen molar-refractivity contribution in [3.05, 3.63) is 41.1 Å². The zero-order valence-electron chi connectivity index (χ0n) is 6.27. The Bertz CT molecular complexity index is 248. The zero-order chi connectivity index (χ0) is 8.81. The molecule has 0 unspecified atom stereocenters. The van der Waals surface area contributed by atoms with Crippen molar-refractivity contribution in [2.24, 2.45) is 0 Å². The van der Waals surface area contributed by atoms with Crippen LogP contribution in [0, 0.1) is 5.21 Å². The Balaban J connectivity index is 2.38. The fourth-order valence-corrected chi connectivity index (χ4v) is 0.746. The van der Waals surface area contributed by atoms with E-state index in [2.05, 4.69) is 10.2 Å². The first kappa shape index (κ1) is 8.55. The molecule has 0 atom stereocenters. The van der Waals surface area contributed by atoms with Crippen LogP contribution in [0.5, 0.6) is 0 Å². The molecule has 0 N–H and O–H groups in total. The van der Waals surface area contributed by atoms with E-state index >= 15 is 0 Å². The second kappa shape index (κ2) is 4.35. The number of amides is 1. The summed E-state index contributed by atoms with van der Waals surface area (Å²) in [6.07, 6.45) is -1.08. The summed E-state index contributed by atoms with van der Waals surface area (Å²) in [4.78, 5) is 10.3. The summed E-state index contributed by atoms with van der Waals surface area (Å²) in [5.41, 5.74) is 2.92. The highest BCUT2D eigenvalue weighted by molar-refractivity contribution is 5.67. The van der Waals surface area contributed by atoms with Crippen molar-refractivity contribution in [2.75, 3.05) is 0 Å². The molecule has 63 valence electrons. The number of rotatable bonds is 2. The van der Waals surface area contributed by atoms with Gasteiger partial charge in [0.2, 0.25) is 0 Å². The Morgan fingerprint density at radius 1 is 1.42 bits per heavy atom. The van der Waals surface area contributed by atoms with Crippen molar-refractivity contribution < 1.29 is 9.53 Å². The largest absolute Gasteiger partial charge is 0.734 e. The second-order valence-corrected chi connectivity index (χ2v) is 2.13. The summed E-state index contributed by atoms with van der Waals surface area (Å²) < 4.78 is 4.46. The summed E-state index contributed by atoms with van der Waals surface area (Å²) in [6, 6.07) is 9.06. The van der Waals surface area contributed by atoms with Crippen molar-refractivity contribution in [2.45, 2.75) is 6.61 Å². The molecular weight excluding hydrogens is 158 g/mol. The first-order chi connectivity index (χ1) is 5.83. The molecule has 0 aliphatic heterocycles. The second-order valence-electron chi connectivity index (χ2n) is 2.13. The van der Waals surface area contributed by atoms with E-state index in [1.165, 1.54) is 0 Å². The van der Waals surface area contributed by atoms with Gasteiger partial charge in [-0.25, -0.2) is 4.79 Å². The fourth-order valence-electron chi connectivity index (χ4n) is 0.746. The molecule has 0 bridgehead atoms. The molecule has 0 spiro atoms. The predicted molar refractivity (Wildman–Crippen MR) is 42.1 cm³/mol. The number of hydrogen-bond acceptors (Lipinski definition) is 3. The van der Waals surface area contributed by atoms with Crippen molar-refractivity contribution >= 4 is 6.09 Å². The topological polar surface area (TPSA) is 63.5 Å². The van der Waals surface area contributed by atoms with Gasteiger partial charge in [-0.15, -0.1) is 0 Å². The average Bonchev–Trinajstić information content (AvgIpc) is 2.16. The molecule has 1 aromatic carbocycles. The SMILES string of the molecule is O=C([N][O-])OCc1ccccc1. The van der Waals surface area contributed by atoms with Gasteiger partial charge in [-0.05, 0) is 5.56 Å². The van der Waals surface area contributed by atoms with Crippen LogP contribution in [0.25, 0.3) is 0 Å². The summed E-state index contributed by atoms with van der Waals surface area (Å²) in [7, 11) is 0. The van der Waals surface area contributed by atoms with Crippen LogP contribution in [0.4, 0.5) is 4.79 Å². The van der Waals surface area contributed by atoms with E-state index in [4.69, 9.17) is 0 Å². The van der Waals surface area contributed by atoms with Crippen molar-refractivity contribution in [1.29, 1.82) is 0 Å². The lowest BCUT2D eigenvalue weighted by atomic mass is 10.2. The van der Waals surface area contributed by atoms with Gasteiger partial charge in [0, 0.05) is 0 Å². The lowest BCUT2D eigenvalue weighted by Gasteiger charge is -2.05. The van der Waals surface area contributed by atoms with Crippen molar-refractivity contribution in [3.63, 3.8) is 0 Å². The number of hydroxylamine groups is 1. The molecule has 4 heteroatoms. The number of nitrogens with zero attached hydrogens (tertiary/aromatic N) is 1. The third-order valence-electron chi connectivity index (χ3n) is 1.28. The molecule has 12 heavy (non-hydrogen) atoms. The first-order valence-corrected chi connectivity index (χ1v) is 3.37. The van der Waals surface area contributed by atoms with E-state index in [0.717, 1.165) is 5.56 Å². The summed E-state index contributed by atoms with van der Waals surface area (Å²) in [5.74, 6) is 0. The standard InChI is InChI=1S/C8H7NO3/c10-8(9-11)12-6-7-4-2-1-3-5-7/h1-5H,6H2/q-1. The van der Waals surface area contributed by atoms with Crippen LogP contribution in [0.3, 0.4) is 0 Å². The molecule has 0 saturated carbocycles. The lowest BCUT2D eigenvalue weighted by molar-refractivity contribution is 0.142. The maximum absolute atomic E-state index is 10.3. The Kier molecular flexibility index (Phi) is 3.10. The first-order valence-electron chi connectivity index (χ1n) is 3.37. The molecular formula is C8H7NO3-. The molecule has 0 saturated heterocycles. The van der Waals surface area contributed by atoms with Gasteiger partial charge < -0.3 is 9.94 Å². The van der Waals surface area contributed by atoms with Crippen LogP contribution in [0.2, 0.25) is 0 Å². The Labute approximate surface area is 69.7 Å². The molecule has 1 amide bonds. The molecule has 0 fully saturated rings. The summed E-state index contributed by atoms with van der Waals surface area (Å²) in [6.45, 7) is 0.0887. The third kappa shape index (κ3) is 2.59. The monoisotopic (exact) mass is 165 g/mol. The lowest BCUT2D eigenvalue weighted by Crippen LogP contribution is -2.10. The average molecular weight is 165 g/mol. The quantitative estimate of drug-likeness (QED) is 0.622. The molecule has 1 rings (SSSR count). The predicted octanol–water partition coefficient (Wildman–Crippen LogP) is 1.43. The van der Waals surface area contributed by atoms with Crippen LogP contribution in [-0.2, 0) is 11.3 Å². The Morgan fingerprint density at radius 2 is 2.08 bits per heavy atom. The third-order valence-corrected chi connectivity index (χ3v) is 1.28. The van der Waals surface area contributed by atoms with E-state index < -0.39 is 6.09 Å². The maximum atomic E-state index is 10.3. The van der Waals surface area contributed by atoms with E-state index in [0.29, 0.717) is 0 Å². The van der Waals surface area contributed by atoms with Gasteiger partial charge in [0.05, 0.1) is 0 Å². The van der Waals surface area contributed by atoms with Gasteiger partial charge in [0.25, 0.3) is 0 Å². The van der Waals surface area contributed by atoms with Crippen LogP contribution in [0.15, 0.2) is 30.3 Å².